The second-order valence-corrected chi connectivity index (χ2v) is 6.98. The highest BCUT2D eigenvalue weighted by Crippen LogP contribution is 2.49. The van der Waals surface area contributed by atoms with Crippen LogP contribution in [0.4, 0.5) is 0 Å². The Morgan fingerprint density at radius 3 is 1.45 bits per heavy atom. The summed E-state index contributed by atoms with van der Waals surface area (Å²) in [5.74, 6) is 1.57. The first-order valence-electron chi connectivity index (χ1n) is 8.45. The molecule has 3 aliphatic rings. The molecule has 0 bridgehead atoms. The molecule has 108 valence electrons. The molecule has 1 saturated carbocycles. The third-order valence-electron chi connectivity index (χ3n) is 5.81. The highest BCUT2D eigenvalue weighted by Gasteiger charge is 2.38. The molecule has 3 aliphatic carbocycles. The molecule has 22 heavy (non-hydrogen) atoms. The summed E-state index contributed by atoms with van der Waals surface area (Å²) in [6.07, 6.45) is 10.0. The zero-order valence-electron chi connectivity index (χ0n) is 12.8. The predicted molar refractivity (Wildman–Crippen MR) is 92.5 cm³/mol. The Morgan fingerprint density at radius 2 is 1.05 bits per heavy atom. The van der Waals surface area contributed by atoms with Gasteiger partial charge >= 0.3 is 0 Å². The van der Waals surface area contributed by atoms with Crippen molar-refractivity contribution in [2.75, 3.05) is 0 Å². The predicted octanol–water partition coefficient (Wildman–Crippen LogP) is 5.29. The van der Waals surface area contributed by atoms with Crippen LogP contribution in [0.15, 0.2) is 59.7 Å². The third-order valence-corrected chi connectivity index (χ3v) is 5.81. The van der Waals surface area contributed by atoms with E-state index >= 15 is 0 Å². The van der Waals surface area contributed by atoms with Gasteiger partial charge in [0.05, 0.1) is 0 Å². The van der Waals surface area contributed by atoms with Gasteiger partial charge in [-0.25, -0.2) is 0 Å². The van der Waals surface area contributed by atoms with Crippen molar-refractivity contribution < 1.29 is 0 Å². The normalized spacial score (nSPS) is 25.1. The van der Waals surface area contributed by atoms with Crippen molar-refractivity contribution in [2.45, 2.75) is 25.7 Å². The molecule has 0 radical (unpaired) electrons. The van der Waals surface area contributed by atoms with Crippen LogP contribution in [-0.2, 0) is 12.8 Å². The van der Waals surface area contributed by atoms with Gasteiger partial charge in [0.15, 0.2) is 0 Å². The van der Waals surface area contributed by atoms with Gasteiger partial charge in [0, 0.05) is 0 Å². The van der Waals surface area contributed by atoms with Crippen LogP contribution in [0.1, 0.15) is 35.1 Å². The number of benzene rings is 2. The second-order valence-electron chi connectivity index (χ2n) is 6.98. The molecule has 0 aromatic heterocycles. The Hall–Kier alpha value is -2.08. The van der Waals surface area contributed by atoms with E-state index in [0.717, 1.165) is 11.8 Å². The minimum absolute atomic E-state index is 0.785. The van der Waals surface area contributed by atoms with Crippen LogP contribution in [-0.4, -0.2) is 0 Å². The maximum absolute atomic E-state index is 2.47. The van der Waals surface area contributed by atoms with Gasteiger partial charge in [0.2, 0.25) is 0 Å². The fourth-order valence-electron chi connectivity index (χ4n) is 4.48. The van der Waals surface area contributed by atoms with E-state index in [2.05, 4.69) is 60.7 Å². The molecule has 2 aromatic rings. The van der Waals surface area contributed by atoms with E-state index < -0.39 is 0 Å². The highest BCUT2D eigenvalue weighted by molar-refractivity contribution is 5.67. The smallest absolute Gasteiger partial charge is 0.00548 e. The van der Waals surface area contributed by atoms with Crippen molar-refractivity contribution >= 4 is 12.2 Å². The number of allylic oxidation sites excluding steroid dienone is 2. The van der Waals surface area contributed by atoms with Gasteiger partial charge in [-0.3, -0.25) is 0 Å². The van der Waals surface area contributed by atoms with Crippen molar-refractivity contribution in [1.82, 2.24) is 0 Å². The molecule has 0 aliphatic heterocycles. The number of hydrogen-bond acceptors (Lipinski definition) is 0. The zero-order valence-corrected chi connectivity index (χ0v) is 12.8. The van der Waals surface area contributed by atoms with Gasteiger partial charge in [-0.2, -0.15) is 0 Å². The molecule has 0 saturated heterocycles. The molecular weight excluding hydrogens is 264 g/mol. The standard InChI is InChI=1S/C22H20/c1-2-6-16-12-19(11-15(16)5-1)21-9-10-22(21)20-13-17-7-3-4-8-18(17)14-20/h1-8,11,13,21-22H,9-10,12,14H2/t21-,22+. The maximum atomic E-state index is 2.47. The van der Waals surface area contributed by atoms with Crippen molar-refractivity contribution in [2.24, 2.45) is 11.8 Å². The minimum Gasteiger partial charge on any atom is -0.0619 e. The van der Waals surface area contributed by atoms with Crippen LogP contribution >= 0.6 is 0 Å². The Labute approximate surface area is 132 Å². The number of fused-ring (bicyclic) bond motifs is 2. The van der Waals surface area contributed by atoms with E-state index in [4.69, 9.17) is 0 Å². The largest absolute Gasteiger partial charge is 0.0619 e. The van der Waals surface area contributed by atoms with Crippen LogP contribution in [0, 0.1) is 11.8 Å². The molecule has 0 heterocycles. The van der Waals surface area contributed by atoms with Crippen molar-refractivity contribution in [3.63, 3.8) is 0 Å². The molecule has 0 spiro atoms. The molecule has 0 N–H and O–H groups in total. The first kappa shape index (κ1) is 12.5. The van der Waals surface area contributed by atoms with Crippen LogP contribution < -0.4 is 0 Å². The van der Waals surface area contributed by atoms with Crippen LogP contribution in [0.3, 0.4) is 0 Å². The summed E-state index contributed by atoms with van der Waals surface area (Å²) in [6, 6.07) is 17.8. The fraction of sp³-hybridized carbons (Fsp3) is 0.273. The summed E-state index contributed by atoms with van der Waals surface area (Å²) in [5, 5.41) is 0. The fourth-order valence-corrected chi connectivity index (χ4v) is 4.48. The van der Waals surface area contributed by atoms with Crippen molar-refractivity contribution in [3.05, 3.63) is 81.9 Å². The zero-order chi connectivity index (χ0) is 14.5. The Morgan fingerprint density at radius 1 is 0.591 bits per heavy atom. The Bertz CT molecular complexity index is 737. The Kier molecular flexibility index (Phi) is 2.67. The molecule has 0 amide bonds. The minimum atomic E-state index is 0.785. The number of hydrogen-bond donors (Lipinski definition) is 0. The van der Waals surface area contributed by atoms with E-state index in [1.165, 1.54) is 47.9 Å². The SMILES string of the molecule is C1=C([C@H]2CC[C@H]2C2=Cc3ccccc3C2)Cc2ccccc21. The van der Waals surface area contributed by atoms with Gasteiger partial charge in [-0.1, -0.05) is 71.8 Å². The summed E-state index contributed by atoms with van der Waals surface area (Å²) in [5.41, 5.74) is 9.29. The van der Waals surface area contributed by atoms with Gasteiger partial charge in [-0.15, -0.1) is 0 Å². The molecular formula is C22H20. The molecule has 5 rings (SSSR count). The molecule has 2 aromatic carbocycles. The van der Waals surface area contributed by atoms with Crippen molar-refractivity contribution in [1.29, 1.82) is 0 Å². The average Bonchev–Trinajstić information content (AvgIpc) is 3.08. The van der Waals surface area contributed by atoms with Gasteiger partial charge in [-0.05, 0) is 59.8 Å². The monoisotopic (exact) mass is 284 g/mol. The summed E-state index contributed by atoms with van der Waals surface area (Å²) in [7, 11) is 0. The maximum Gasteiger partial charge on any atom is -0.00548 e. The quantitative estimate of drug-likeness (QED) is 0.702. The lowest BCUT2D eigenvalue weighted by Crippen LogP contribution is -2.29. The molecule has 0 heteroatoms. The Balaban J connectivity index is 1.39. The van der Waals surface area contributed by atoms with E-state index in [9.17, 15) is 0 Å². The molecule has 0 nitrogen and oxygen atoms in total. The summed E-state index contributed by atoms with van der Waals surface area (Å²) >= 11 is 0. The number of rotatable bonds is 2. The topological polar surface area (TPSA) is 0 Å². The van der Waals surface area contributed by atoms with E-state index in [1.807, 2.05) is 0 Å². The lowest BCUT2D eigenvalue weighted by Gasteiger charge is -2.39. The summed E-state index contributed by atoms with van der Waals surface area (Å²) < 4.78 is 0. The average molecular weight is 284 g/mol. The van der Waals surface area contributed by atoms with Gasteiger partial charge in [0.1, 0.15) is 0 Å². The lowest BCUT2D eigenvalue weighted by molar-refractivity contribution is 0.253. The van der Waals surface area contributed by atoms with Crippen LogP contribution in [0.25, 0.3) is 12.2 Å². The molecule has 0 unspecified atom stereocenters. The van der Waals surface area contributed by atoms with Crippen LogP contribution in [0.2, 0.25) is 0 Å². The van der Waals surface area contributed by atoms with Gasteiger partial charge < -0.3 is 0 Å². The van der Waals surface area contributed by atoms with Gasteiger partial charge in [0.25, 0.3) is 0 Å². The van der Waals surface area contributed by atoms with E-state index in [-0.39, 0.29) is 0 Å². The molecule has 2 atom stereocenters. The third kappa shape index (κ3) is 1.83. The summed E-state index contributed by atoms with van der Waals surface area (Å²) in [4.78, 5) is 0. The van der Waals surface area contributed by atoms with E-state index in [0.29, 0.717) is 0 Å². The summed E-state index contributed by atoms with van der Waals surface area (Å²) in [6.45, 7) is 0. The van der Waals surface area contributed by atoms with Crippen molar-refractivity contribution in [3.8, 4) is 0 Å². The highest BCUT2D eigenvalue weighted by atomic mass is 14.4. The second kappa shape index (κ2) is 4.71. The first-order valence-corrected chi connectivity index (χ1v) is 8.45. The van der Waals surface area contributed by atoms with Crippen LogP contribution in [0.5, 0.6) is 0 Å². The van der Waals surface area contributed by atoms with E-state index in [1.54, 1.807) is 11.1 Å². The lowest BCUT2D eigenvalue weighted by atomic mass is 9.65. The molecule has 1 fully saturated rings. The first-order chi connectivity index (χ1) is 10.9.